The van der Waals surface area contributed by atoms with Gasteiger partial charge in [0.2, 0.25) is 11.1 Å². The number of hydrogen-bond acceptors (Lipinski definition) is 6. The van der Waals surface area contributed by atoms with Crippen LogP contribution in [0.1, 0.15) is 5.69 Å². The van der Waals surface area contributed by atoms with Gasteiger partial charge in [0, 0.05) is 17.6 Å². The number of aromatic amines is 1. The van der Waals surface area contributed by atoms with E-state index in [1.54, 1.807) is 13.3 Å². The summed E-state index contributed by atoms with van der Waals surface area (Å²) in [7, 11) is 1.64. The van der Waals surface area contributed by atoms with Gasteiger partial charge in [0.25, 0.3) is 0 Å². The highest BCUT2D eigenvalue weighted by Crippen LogP contribution is 2.21. The monoisotopic (exact) mass is 313 g/mol. The van der Waals surface area contributed by atoms with Crippen LogP contribution in [0.5, 0.6) is 5.75 Å². The van der Waals surface area contributed by atoms with Crippen molar-refractivity contribution in [2.75, 3.05) is 12.4 Å². The van der Waals surface area contributed by atoms with E-state index in [1.807, 2.05) is 42.5 Å². The summed E-state index contributed by atoms with van der Waals surface area (Å²) in [6, 6.07) is 13.5. The van der Waals surface area contributed by atoms with Crippen LogP contribution in [0.15, 0.2) is 53.8 Å². The van der Waals surface area contributed by atoms with Gasteiger partial charge < -0.3 is 10.1 Å². The van der Waals surface area contributed by atoms with Crippen molar-refractivity contribution in [2.24, 2.45) is 0 Å². The molecular formula is C15H15N5OS. The average molecular weight is 313 g/mol. The Morgan fingerprint density at radius 2 is 2.05 bits per heavy atom. The minimum absolute atomic E-state index is 0.605. The highest BCUT2D eigenvalue weighted by molar-refractivity contribution is 7.98. The van der Waals surface area contributed by atoms with Gasteiger partial charge in [-0.3, -0.25) is 4.98 Å². The number of ether oxygens (including phenoxy) is 1. The molecule has 0 saturated carbocycles. The zero-order chi connectivity index (χ0) is 15.2. The van der Waals surface area contributed by atoms with E-state index in [0.29, 0.717) is 11.1 Å². The SMILES string of the molecule is COc1ccc(Nc2nc(SCc3ccccn3)n[nH]2)cc1. The molecule has 2 heterocycles. The number of pyridine rings is 1. The molecule has 1 aromatic carbocycles. The summed E-state index contributed by atoms with van der Waals surface area (Å²) in [5.41, 5.74) is 1.92. The van der Waals surface area contributed by atoms with Gasteiger partial charge in [0.15, 0.2) is 0 Å². The Kier molecular flexibility index (Phi) is 4.55. The summed E-state index contributed by atoms with van der Waals surface area (Å²) < 4.78 is 5.12. The Morgan fingerprint density at radius 1 is 1.18 bits per heavy atom. The normalized spacial score (nSPS) is 10.4. The Balaban J connectivity index is 1.58. The van der Waals surface area contributed by atoms with E-state index < -0.39 is 0 Å². The summed E-state index contributed by atoms with van der Waals surface area (Å²) in [4.78, 5) is 8.66. The molecule has 112 valence electrons. The van der Waals surface area contributed by atoms with Gasteiger partial charge in [-0.25, -0.2) is 5.10 Å². The third-order valence-corrected chi connectivity index (χ3v) is 3.77. The van der Waals surface area contributed by atoms with Gasteiger partial charge in [-0.2, -0.15) is 4.98 Å². The molecule has 6 nitrogen and oxygen atoms in total. The van der Waals surface area contributed by atoms with E-state index in [9.17, 15) is 0 Å². The topological polar surface area (TPSA) is 75.7 Å². The lowest BCUT2D eigenvalue weighted by molar-refractivity contribution is 0.415. The van der Waals surface area contributed by atoms with Crippen molar-refractivity contribution in [3.63, 3.8) is 0 Å². The average Bonchev–Trinajstić information content (AvgIpc) is 3.02. The predicted octanol–water partition coefficient (Wildman–Crippen LogP) is 3.24. The van der Waals surface area contributed by atoms with Crippen LogP contribution in [0.4, 0.5) is 11.6 Å². The smallest absolute Gasteiger partial charge is 0.223 e. The van der Waals surface area contributed by atoms with Crippen LogP contribution in [-0.2, 0) is 5.75 Å². The fourth-order valence-electron chi connectivity index (χ4n) is 1.80. The van der Waals surface area contributed by atoms with Gasteiger partial charge in [-0.1, -0.05) is 17.8 Å². The van der Waals surface area contributed by atoms with Crippen molar-refractivity contribution in [1.82, 2.24) is 20.2 Å². The molecule has 0 bridgehead atoms. The van der Waals surface area contributed by atoms with Crippen LogP contribution in [-0.4, -0.2) is 27.3 Å². The van der Waals surface area contributed by atoms with E-state index in [-0.39, 0.29) is 0 Å². The zero-order valence-corrected chi connectivity index (χ0v) is 12.8. The van der Waals surface area contributed by atoms with Gasteiger partial charge >= 0.3 is 0 Å². The molecule has 3 aromatic rings. The molecule has 22 heavy (non-hydrogen) atoms. The number of H-pyrrole nitrogens is 1. The van der Waals surface area contributed by atoms with E-state index >= 15 is 0 Å². The van der Waals surface area contributed by atoms with Crippen molar-refractivity contribution in [2.45, 2.75) is 10.9 Å². The molecule has 2 aromatic heterocycles. The van der Waals surface area contributed by atoms with Gasteiger partial charge in [0.1, 0.15) is 5.75 Å². The maximum absolute atomic E-state index is 5.12. The minimum atomic E-state index is 0.605. The molecule has 0 saturated heterocycles. The van der Waals surface area contributed by atoms with Crippen LogP contribution in [0.25, 0.3) is 0 Å². The van der Waals surface area contributed by atoms with Crippen LogP contribution >= 0.6 is 11.8 Å². The van der Waals surface area contributed by atoms with Crippen LogP contribution in [0.2, 0.25) is 0 Å². The van der Waals surface area contributed by atoms with Crippen molar-refractivity contribution >= 4 is 23.4 Å². The third-order valence-electron chi connectivity index (χ3n) is 2.89. The summed E-state index contributed by atoms with van der Waals surface area (Å²) in [5.74, 6) is 2.16. The molecule has 0 aliphatic rings. The van der Waals surface area contributed by atoms with Gasteiger partial charge in [0.05, 0.1) is 12.8 Å². The highest BCUT2D eigenvalue weighted by atomic mass is 32.2. The maximum atomic E-state index is 5.12. The van der Waals surface area contributed by atoms with Crippen molar-refractivity contribution in [3.8, 4) is 5.75 Å². The quantitative estimate of drug-likeness (QED) is 0.680. The first-order chi connectivity index (χ1) is 10.8. The zero-order valence-electron chi connectivity index (χ0n) is 12.0. The molecule has 0 fully saturated rings. The number of nitrogens with one attached hydrogen (secondary N) is 2. The molecule has 0 amide bonds. The third kappa shape index (κ3) is 3.76. The summed E-state index contributed by atoms with van der Waals surface area (Å²) >= 11 is 1.54. The number of nitrogens with zero attached hydrogens (tertiary/aromatic N) is 3. The van der Waals surface area contributed by atoms with E-state index in [1.165, 1.54) is 11.8 Å². The van der Waals surface area contributed by atoms with Crippen LogP contribution < -0.4 is 10.1 Å². The molecule has 0 atom stereocenters. The van der Waals surface area contributed by atoms with Crippen molar-refractivity contribution in [3.05, 3.63) is 54.4 Å². The molecular weight excluding hydrogens is 298 g/mol. The van der Waals surface area contributed by atoms with Crippen molar-refractivity contribution < 1.29 is 4.74 Å². The van der Waals surface area contributed by atoms with Gasteiger partial charge in [-0.05, 0) is 36.4 Å². The summed E-state index contributed by atoms with van der Waals surface area (Å²) in [6.45, 7) is 0. The van der Waals surface area contributed by atoms with Crippen LogP contribution in [0, 0.1) is 0 Å². The summed E-state index contributed by atoms with van der Waals surface area (Å²) in [5, 5.41) is 10.9. The fraction of sp³-hybridized carbons (Fsp3) is 0.133. The second-order valence-electron chi connectivity index (χ2n) is 4.43. The lowest BCUT2D eigenvalue weighted by Crippen LogP contribution is -1.92. The molecule has 7 heteroatoms. The molecule has 0 spiro atoms. The summed E-state index contributed by atoms with van der Waals surface area (Å²) in [6.07, 6.45) is 1.78. The molecule has 0 aliphatic heterocycles. The first kappa shape index (κ1) is 14.4. The van der Waals surface area contributed by atoms with Crippen molar-refractivity contribution in [1.29, 1.82) is 0 Å². The number of rotatable bonds is 6. The number of benzene rings is 1. The second-order valence-corrected chi connectivity index (χ2v) is 5.37. The maximum Gasteiger partial charge on any atom is 0.223 e. The number of aromatic nitrogens is 4. The number of thioether (sulfide) groups is 1. The lowest BCUT2D eigenvalue weighted by atomic mass is 10.3. The molecule has 3 rings (SSSR count). The fourth-order valence-corrected chi connectivity index (χ4v) is 2.51. The highest BCUT2D eigenvalue weighted by Gasteiger charge is 2.05. The first-order valence-corrected chi connectivity index (χ1v) is 7.68. The molecule has 2 N–H and O–H groups in total. The Labute approximate surface area is 132 Å². The molecule has 0 unspecified atom stereocenters. The number of anilines is 2. The van der Waals surface area contributed by atoms with Gasteiger partial charge in [-0.15, -0.1) is 5.10 Å². The Hall–Kier alpha value is -2.54. The van der Waals surface area contributed by atoms with E-state index in [0.717, 1.165) is 22.9 Å². The van der Waals surface area contributed by atoms with E-state index in [4.69, 9.17) is 4.74 Å². The molecule has 0 radical (unpaired) electrons. The second kappa shape index (κ2) is 6.95. The largest absolute Gasteiger partial charge is 0.497 e. The van der Waals surface area contributed by atoms with E-state index in [2.05, 4.69) is 25.5 Å². The number of methoxy groups -OCH3 is 1. The lowest BCUT2D eigenvalue weighted by Gasteiger charge is -2.03. The Morgan fingerprint density at radius 3 is 2.77 bits per heavy atom. The Bertz CT molecular complexity index is 714. The number of hydrogen-bond donors (Lipinski definition) is 2. The first-order valence-electron chi connectivity index (χ1n) is 6.70. The molecule has 0 aliphatic carbocycles. The minimum Gasteiger partial charge on any atom is -0.497 e. The standard InChI is InChI=1S/C15H15N5OS/c1-21-13-7-5-11(6-8-13)17-14-18-15(20-19-14)22-10-12-4-2-3-9-16-12/h2-9H,10H2,1H3,(H2,17,18,19,20). The van der Waals surface area contributed by atoms with Crippen LogP contribution in [0.3, 0.4) is 0 Å². The predicted molar refractivity (Wildman–Crippen MR) is 86.5 cm³/mol.